The van der Waals surface area contributed by atoms with Gasteiger partial charge < -0.3 is 9.47 Å². The van der Waals surface area contributed by atoms with Gasteiger partial charge in [0.2, 0.25) is 10.0 Å². The molecule has 1 aromatic carbocycles. The second-order valence-corrected chi connectivity index (χ2v) is 8.87. The zero-order valence-electron chi connectivity index (χ0n) is 13.9. The summed E-state index contributed by atoms with van der Waals surface area (Å²) in [6.45, 7) is 1.08. The molecular weight excluding hydrogens is 398 g/mol. The third kappa shape index (κ3) is 4.20. The fourth-order valence-electron chi connectivity index (χ4n) is 2.63. The van der Waals surface area contributed by atoms with Crippen LogP contribution >= 0.6 is 22.9 Å². The van der Waals surface area contributed by atoms with E-state index in [4.69, 9.17) is 21.1 Å². The first-order chi connectivity index (χ1) is 12.5. The summed E-state index contributed by atoms with van der Waals surface area (Å²) in [4.78, 5) is 12.4. The van der Waals surface area contributed by atoms with Gasteiger partial charge >= 0.3 is 5.97 Å². The Bertz CT molecular complexity index is 875. The molecule has 26 heavy (non-hydrogen) atoms. The highest BCUT2D eigenvalue weighted by Gasteiger charge is 2.32. The Morgan fingerprint density at radius 2 is 1.88 bits per heavy atom. The van der Waals surface area contributed by atoms with Gasteiger partial charge in [-0.25, -0.2) is 13.2 Å². The third-order valence-corrected chi connectivity index (χ3v) is 7.18. The third-order valence-electron chi connectivity index (χ3n) is 3.91. The van der Waals surface area contributed by atoms with Crippen LogP contribution in [0.1, 0.15) is 22.5 Å². The molecular formula is C17H18ClNO5S2. The lowest BCUT2D eigenvalue weighted by atomic mass is 10.3. The number of esters is 1. The summed E-state index contributed by atoms with van der Waals surface area (Å²) in [6, 6.07) is 8.44. The minimum Gasteiger partial charge on any atom is -0.488 e. The van der Waals surface area contributed by atoms with Crippen molar-refractivity contribution in [2.45, 2.75) is 17.7 Å². The topological polar surface area (TPSA) is 72.9 Å². The molecule has 0 saturated carbocycles. The first-order valence-corrected chi connectivity index (χ1v) is 10.8. The van der Waals surface area contributed by atoms with Gasteiger partial charge in [0.1, 0.15) is 28.7 Å². The van der Waals surface area contributed by atoms with Crippen molar-refractivity contribution < 1.29 is 22.7 Å². The van der Waals surface area contributed by atoms with Gasteiger partial charge in [-0.1, -0.05) is 23.7 Å². The normalized spacial score (nSPS) is 15.1. The lowest BCUT2D eigenvalue weighted by Gasteiger charge is -2.15. The molecule has 0 aliphatic carbocycles. The second-order valence-electron chi connectivity index (χ2n) is 5.64. The number of thiophene rings is 1. The molecule has 0 unspecified atom stereocenters. The first kappa shape index (κ1) is 19.2. The van der Waals surface area contributed by atoms with Gasteiger partial charge in [-0.3, -0.25) is 0 Å². The van der Waals surface area contributed by atoms with Gasteiger partial charge in [0, 0.05) is 13.1 Å². The first-order valence-electron chi connectivity index (χ1n) is 8.12. The molecule has 1 aliphatic rings. The maximum atomic E-state index is 12.7. The molecule has 6 nitrogen and oxygen atoms in total. The van der Waals surface area contributed by atoms with Crippen LogP contribution in [0.5, 0.6) is 5.75 Å². The average molecular weight is 416 g/mol. The molecule has 0 N–H and O–H groups in total. The second kappa shape index (κ2) is 8.39. The van der Waals surface area contributed by atoms with Gasteiger partial charge in [0.15, 0.2) is 0 Å². The van der Waals surface area contributed by atoms with Crippen LogP contribution < -0.4 is 4.74 Å². The number of nitrogens with zero attached hydrogens (tertiary/aromatic N) is 1. The molecule has 1 aromatic heterocycles. The predicted octanol–water partition coefficient (Wildman–Crippen LogP) is 3.42. The molecule has 9 heteroatoms. The SMILES string of the molecule is O=C(OCCOc1ccccc1Cl)c1sccc1S(=O)(=O)N1CCCC1. The Hall–Kier alpha value is -1.61. The van der Waals surface area contributed by atoms with Crippen molar-refractivity contribution in [2.75, 3.05) is 26.3 Å². The summed E-state index contributed by atoms with van der Waals surface area (Å²) < 4.78 is 37.3. The number of rotatable bonds is 7. The van der Waals surface area contributed by atoms with Crippen molar-refractivity contribution in [3.05, 3.63) is 45.6 Å². The maximum Gasteiger partial charge on any atom is 0.349 e. The minimum absolute atomic E-state index is 0.00877. The number of hydrogen-bond acceptors (Lipinski definition) is 6. The molecule has 0 amide bonds. The van der Waals surface area contributed by atoms with Crippen molar-refractivity contribution in [3.8, 4) is 5.75 Å². The van der Waals surface area contributed by atoms with Gasteiger partial charge in [-0.05, 0) is 36.4 Å². The van der Waals surface area contributed by atoms with E-state index in [9.17, 15) is 13.2 Å². The van der Waals surface area contributed by atoms with Crippen LogP contribution in [0.4, 0.5) is 0 Å². The molecule has 0 atom stereocenters. The number of halogens is 1. The van der Waals surface area contributed by atoms with Crippen LogP contribution in [0.25, 0.3) is 0 Å². The monoisotopic (exact) mass is 415 g/mol. The van der Waals surface area contributed by atoms with Gasteiger partial charge in [-0.15, -0.1) is 11.3 Å². The Morgan fingerprint density at radius 1 is 1.15 bits per heavy atom. The van der Waals surface area contributed by atoms with E-state index < -0.39 is 16.0 Å². The van der Waals surface area contributed by atoms with Crippen LogP contribution in [0.15, 0.2) is 40.6 Å². The minimum atomic E-state index is -3.66. The molecule has 1 aliphatic heterocycles. The van der Waals surface area contributed by atoms with Crippen LogP contribution in [0, 0.1) is 0 Å². The average Bonchev–Trinajstić information content (AvgIpc) is 3.31. The van der Waals surface area contributed by atoms with E-state index in [-0.39, 0.29) is 23.0 Å². The van der Waals surface area contributed by atoms with E-state index in [0.717, 1.165) is 24.2 Å². The lowest BCUT2D eigenvalue weighted by molar-refractivity contribution is 0.0452. The van der Waals surface area contributed by atoms with E-state index >= 15 is 0 Å². The van der Waals surface area contributed by atoms with E-state index in [1.54, 1.807) is 29.6 Å². The van der Waals surface area contributed by atoms with E-state index in [1.165, 1.54) is 10.4 Å². The molecule has 140 valence electrons. The van der Waals surface area contributed by atoms with E-state index in [1.807, 2.05) is 0 Å². The van der Waals surface area contributed by atoms with Crippen LogP contribution in [-0.4, -0.2) is 45.0 Å². The highest BCUT2D eigenvalue weighted by atomic mass is 35.5. The number of benzene rings is 1. The number of carbonyl (C=O) groups excluding carboxylic acids is 1. The molecule has 0 spiro atoms. The molecule has 1 saturated heterocycles. The number of para-hydroxylation sites is 1. The van der Waals surface area contributed by atoms with Crippen molar-refractivity contribution in [1.82, 2.24) is 4.31 Å². The Kier molecular flexibility index (Phi) is 6.18. The van der Waals surface area contributed by atoms with Crippen molar-refractivity contribution in [1.29, 1.82) is 0 Å². The highest BCUT2D eigenvalue weighted by Crippen LogP contribution is 2.28. The van der Waals surface area contributed by atoms with Crippen molar-refractivity contribution in [2.24, 2.45) is 0 Å². The molecule has 0 radical (unpaired) electrons. The lowest BCUT2D eigenvalue weighted by Crippen LogP contribution is -2.28. The Labute approximate surface area is 161 Å². The predicted molar refractivity (Wildman–Crippen MR) is 99.5 cm³/mol. The summed E-state index contributed by atoms with van der Waals surface area (Å²) in [5, 5.41) is 2.05. The number of carbonyl (C=O) groups is 1. The van der Waals surface area contributed by atoms with Crippen molar-refractivity contribution >= 4 is 38.9 Å². The fourth-order valence-corrected chi connectivity index (χ4v) is 5.62. The molecule has 3 rings (SSSR count). The zero-order valence-corrected chi connectivity index (χ0v) is 16.3. The fraction of sp³-hybridized carbons (Fsp3) is 0.353. The number of ether oxygens (including phenoxy) is 2. The summed E-state index contributed by atoms with van der Waals surface area (Å²) in [5.41, 5.74) is 0. The largest absolute Gasteiger partial charge is 0.488 e. The summed E-state index contributed by atoms with van der Waals surface area (Å²) in [7, 11) is -3.66. The Morgan fingerprint density at radius 3 is 2.62 bits per heavy atom. The van der Waals surface area contributed by atoms with Crippen LogP contribution in [0.2, 0.25) is 5.02 Å². The number of sulfonamides is 1. The Balaban J connectivity index is 1.59. The van der Waals surface area contributed by atoms with Gasteiger partial charge in [-0.2, -0.15) is 4.31 Å². The van der Waals surface area contributed by atoms with E-state index in [0.29, 0.717) is 23.9 Å². The van der Waals surface area contributed by atoms with Gasteiger partial charge in [0.25, 0.3) is 0 Å². The smallest absolute Gasteiger partial charge is 0.349 e. The number of hydrogen-bond donors (Lipinski definition) is 0. The summed E-state index contributed by atoms with van der Waals surface area (Å²) in [5.74, 6) is -0.167. The summed E-state index contributed by atoms with van der Waals surface area (Å²) >= 11 is 7.04. The molecule has 2 heterocycles. The molecule has 2 aromatic rings. The maximum absolute atomic E-state index is 12.7. The highest BCUT2D eigenvalue weighted by molar-refractivity contribution is 7.89. The quantitative estimate of drug-likeness (QED) is 0.511. The van der Waals surface area contributed by atoms with Crippen LogP contribution in [0.3, 0.4) is 0 Å². The van der Waals surface area contributed by atoms with Crippen molar-refractivity contribution in [3.63, 3.8) is 0 Å². The summed E-state index contributed by atoms with van der Waals surface area (Å²) in [6.07, 6.45) is 1.67. The van der Waals surface area contributed by atoms with Gasteiger partial charge in [0.05, 0.1) is 5.02 Å². The molecule has 1 fully saturated rings. The van der Waals surface area contributed by atoms with E-state index in [2.05, 4.69) is 0 Å². The zero-order chi connectivity index (χ0) is 18.6. The standard InChI is InChI=1S/C17H18ClNO5S2/c18-13-5-1-2-6-14(13)23-10-11-24-17(20)16-15(7-12-25-16)26(21,22)19-8-3-4-9-19/h1-2,5-7,12H,3-4,8-11H2. The van der Waals surface area contributed by atoms with Crippen LogP contribution in [-0.2, 0) is 14.8 Å². The molecule has 0 bridgehead atoms.